The molecule has 20 heteroatoms. The first-order chi connectivity index (χ1) is 23.4. The van der Waals surface area contributed by atoms with Gasteiger partial charge in [-0.1, -0.05) is 29.8 Å². The van der Waals surface area contributed by atoms with Gasteiger partial charge < -0.3 is 15.8 Å². The minimum atomic E-state index is -2.93. The van der Waals surface area contributed by atoms with E-state index in [1.165, 1.54) is 55.0 Å². The van der Waals surface area contributed by atoms with Crippen molar-refractivity contribution in [3.05, 3.63) is 77.3 Å². The third-order valence-electron chi connectivity index (χ3n) is 7.21. The first-order valence-corrected chi connectivity index (χ1v) is 15.2. The largest absolute Gasteiger partial charge is 0.447 e. The number of alkyl carbamates (subject to hydrolysis) is 1. The molecule has 6 radical (unpaired) electrons. The highest BCUT2D eigenvalue weighted by atomic mass is 35.5. The predicted octanol–water partition coefficient (Wildman–Crippen LogP) is 4.22. The molecule has 0 aliphatic carbocycles. The first kappa shape index (κ1) is 38.0. The summed E-state index contributed by atoms with van der Waals surface area (Å²) < 4.78 is 60.0. The first-order valence-electron chi connectivity index (χ1n) is 14.8. The van der Waals surface area contributed by atoms with Gasteiger partial charge in [0.05, 0.1) is 46.3 Å². The maximum absolute atomic E-state index is 14.2. The second kappa shape index (κ2) is 15.4. The molecule has 1 atom stereocenters. The smallest absolute Gasteiger partial charge is 0.407 e. The van der Waals surface area contributed by atoms with E-state index in [4.69, 9.17) is 45.6 Å². The average molecular weight is 708 g/mol. The van der Waals surface area contributed by atoms with Crippen molar-refractivity contribution >= 4 is 53.1 Å². The standard InChI is InChI=1S/C30H29B3ClF4N9O3/c1-4-40-27(39)47(24(48)17-7-5-16(6-8-17)19-12-42-45(13-19)26(37)38)22(14-50-28(49)43-29(2,3)25(35)36)18-9-10-21(34)20(11-18)23-41-15-46(44-23)30(31,32)33/h5-13,15,22,25-26H,4,14H2,1-3H3,(H2,39,40)(H,43,49)/t22-/m1/s1. The van der Waals surface area contributed by atoms with Gasteiger partial charge in [0.25, 0.3) is 12.3 Å². The number of alkyl halides is 4. The predicted molar refractivity (Wildman–Crippen MR) is 180 cm³/mol. The number of hydrogen-bond donors (Lipinski definition) is 2. The molecule has 0 aliphatic heterocycles. The van der Waals surface area contributed by atoms with E-state index in [9.17, 15) is 27.2 Å². The monoisotopic (exact) mass is 707 g/mol. The number of carbonyl (C=O) groups is 2. The third kappa shape index (κ3) is 8.86. The number of benzene rings is 2. The zero-order chi connectivity index (χ0) is 37.0. The van der Waals surface area contributed by atoms with Crippen molar-refractivity contribution in [2.24, 2.45) is 10.7 Å². The quantitative estimate of drug-likeness (QED) is 0.0971. The fourth-order valence-electron chi connectivity index (χ4n) is 4.50. The lowest BCUT2D eigenvalue weighted by molar-refractivity contribution is 0.0404. The highest BCUT2D eigenvalue weighted by Crippen LogP contribution is 2.32. The molecule has 2 aromatic carbocycles. The van der Waals surface area contributed by atoms with E-state index >= 15 is 0 Å². The van der Waals surface area contributed by atoms with E-state index in [2.05, 4.69) is 25.5 Å². The second-order valence-electron chi connectivity index (χ2n) is 11.5. The van der Waals surface area contributed by atoms with Gasteiger partial charge in [-0.05, 0) is 61.4 Å². The summed E-state index contributed by atoms with van der Waals surface area (Å²) in [4.78, 5) is 36.4. The van der Waals surface area contributed by atoms with Gasteiger partial charge in [-0.15, -0.1) is 0 Å². The molecule has 50 heavy (non-hydrogen) atoms. The number of ether oxygens (including phenoxy) is 1. The lowest BCUT2D eigenvalue weighted by Crippen LogP contribution is -2.50. The van der Waals surface area contributed by atoms with Crippen LogP contribution in [-0.2, 0) is 9.97 Å². The molecular formula is C30H29B3ClF4N9O3. The van der Waals surface area contributed by atoms with Crippen LogP contribution < -0.4 is 11.1 Å². The molecule has 12 nitrogen and oxygen atoms in total. The highest BCUT2D eigenvalue weighted by molar-refractivity contribution is 6.56. The van der Waals surface area contributed by atoms with E-state index in [0.29, 0.717) is 15.8 Å². The summed E-state index contributed by atoms with van der Waals surface area (Å²) in [6, 6.07) is 9.13. The number of amides is 2. The summed E-state index contributed by atoms with van der Waals surface area (Å²) >= 11 is 6.50. The molecule has 0 unspecified atom stereocenters. The number of guanidine groups is 1. The number of carbonyl (C=O) groups excluding carboxylic acids is 2. The van der Waals surface area contributed by atoms with Crippen LogP contribution in [0.1, 0.15) is 49.3 Å². The summed E-state index contributed by atoms with van der Waals surface area (Å²) in [5.74, 6) is -0.952. The molecule has 4 aromatic rings. The summed E-state index contributed by atoms with van der Waals surface area (Å²) in [5.41, 5.74) is 5.86. The molecule has 0 aliphatic rings. The maximum atomic E-state index is 14.2. The molecule has 0 spiro atoms. The second-order valence-corrected chi connectivity index (χ2v) is 11.9. The van der Waals surface area contributed by atoms with Crippen LogP contribution in [-0.4, -0.2) is 96.1 Å². The van der Waals surface area contributed by atoms with Crippen LogP contribution in [0.5, 0.6) is 0 Å². The SMILES string of the molecule is [B]C([B])([B])n1cnc(-c2cc([C@@H](COC(=O)NC(C)(C)C(F)F)N(C(=O)c3ccc(-c4cnn(C(F)F)c4)cc3)C(N)=NCC)ccc2Cl)n1. The van der Waals surface area contributed by atoms with Gasteiger partial charge in [0, 0.05) is 29.4 Å². The van der Waals surface area contributed by atoms with E-state index in [1.807, 2.05) is 0 Å². The molecule has 0 bridgehead atoms. The molecule has 4 rings (SSSR count). The van der Waals surface area contributed by atoms with Crippen molar-refractivity contribution in [3.63, 3.8) is 0 Å². The third-order valence-corrected chi connectivity index (χ3v) is 7.54. The van der Waals surface area contributed by atoms with E-state index < -0.39 is 48.4 Å². The van der Waals surface area contributed by atoms with Gasteiger partial charge in [0.15, 0.2) is 11.8 Å². The fourth-order valence-corrected chi connectivity index (χ4v) is 4.71. The Morgan fingerprint density at radius 3 is 2.34 bits per heavy atom. The molecule has 0 fully saturated rings. The van der Waals surface area contributed by atoms with Gasteiger partial charge in [0.2, 0.25) is 0 Å². The number of rotatable bonds is 12. The molecule has 3 N–H and O–H groups in total. The molecular weight excluding hydrogens is 678 g/mol. The summed E-state index contributed by atoms with van der Waals surface area (Å²) in [5, 5.41) is 8.19. The normalized spacial score (nSPS) is 13.0. The molecule has 256 valence electrons. The van der Waals surface area contributed by atoms with Gasteiger partial charge in [-0.25, -0.2) is 23.2 Å². The summed E-state index contributed by atoms with van der Waals surface area (Å²) in [7, 11) is 17.1. The van der Waals surface area contributed by atoms with Crippen molar-refractivity contribution < 1.29 is 31.9 Å². The van der Waals surface area contributed by atoms with Crippen LogP contribution in [0.4, 0.5) is 22.4 Å². The molecule has 0 saturated carbocycles. The molecule has 0 saturated heterocycles. The van der Waals surface area contributed by atoms with Crippen LogP contribution >= 0.6 is 11.6 Å². The number of nitrogens with one attached hydrogen (secondary N) is 1. The Morgan fingerprint density at radius 2 is 1.78 bits per heavy atom. The average Bonchev–Trinajstić information content (AvgIpc) is 3.74. The fraction of sp³-hybridized carbons (Fsp3) is 0.333. The Bertz CT molecular complexity index is 1850. The van der Waals surface area contributed by atoms with Crippen molar-refractivity contribution in [2.75, 3.05) is 13.2 Å². The van der Waals surface area contributed by atoms with Crippen LogP contribution in [0, 0.1) is 0 Å². The van der Waals surface area contributed by atoms with Crippen molar-refractivity contribution in [2.45, 2.75) is 50.6 Å². The van der Waals surface area contributed by atoms with Crippen LogP contribution in [0.25, 0.3) is 22.5 Å². The Balaban J connectivity index is 1.78. The van der Waals surface area contributed by atoms with Crippen LogP contribution in [0.15, 0.2) is 66.2 Å². The molecule has 2 aromatic heterocycles. The lowest BCUT2D eigenvalue weighted by atomic mass is 9.49. The van der Waals surface area contributed by atoms with Crippen molar-refractivity contribution in [3.8, 4) is 22.5 Å². The number of aliphatic imine (C=N–C) groups is 1. The van der Waals surface area contributed by atoms with E-state index in [1.54, 1.807) is 6.92 Å². The van der Waals surface area contributed by atoms with Crippen LogP contribution in [0.2, 0.25) is 5.02 Å². The van der Waals surface area contributed by atoms with Crippen molar-refractivity contribution in [1.29, 1.82) is 0 Å². The van der Waals surface area contributed by atoms with Gasteiger partial charge in [0.1, 0.15) is 12.9 Å². The Hall–Kier alpha value is -4.80. The van der Waals surface area contributed by atoms with Gasteiger partial charge in [-0.2, -0.15) is 19.0 Å². The van der Waals surface area contributed by atoms with E-state index in [-0.39, 0.29) is 40.0 Å². The number of halogens is 5. The van der Waals surface area contributed by atoms with Crippen molar-refractivity contribution in [1.82, 2.24) is 34.8 Å². The molecule has 2 heterocycles. The minimum absolute atomic E-state index is 0.0393. The number of nitrogens with two attached hydrogens (primary N) is 1. The topological polar surface area (TPSA) is 146 Å². The number of aromatic nitrogens is 5. The summed E-state index contributed by atoms with van der Waals surface area (Å²) in [6.07, 6.45) is -0.549. The minimum Gasteiger partial charge on any atom is -0.447 e. The number of nitrogens with zero attached hydrogens (tertiary/aromatic N) is 7. The summed E-state index contributed by atoms with van der Waals surface area (Å²) in [6.45, 7) is 0.586. The zero-order valence-corrected chi connectivity index (χ0v) is 27.7. The highest BCUT2D eigenvalue weighted by Gasteiger charge is 2.34. The zero-order valence-electron chi connectivity index (χ0n) is 27.0. The van der Waals surface area contributed by atoms with E-state index in [0.717, 1.165) is 29.6 Å². The van der Waals surface area contributed by atoms with Crippen LogP contribution in [0.3, 0.4) is 0 Å². The van der Waals surface area contributed by atoms with Gasteiger partial charge in [-0.3, -0.25) is 19.4 Å². The Kier molecular flexibility index (Phi) is 11.7. The Labute approximate surface area is 293 Å². The number of hydrogen-bond acceptors (Lipinski definition) is 7. The lowest BCUT2D eigenvalue weighted by Gasteiger charge is -2.32. The molecule has 2 amide bonds. The van der Waals surface area contributed by atoms with Gasteiger partial charge >= 0.3 is 12.6 Å². The maximum Gasteiger partial charge on any atom is 0.407 e. The Morgan fingerprint density at radius 1 is 1.10 bits per heavy atom.